The van der Waals surface area contributed by atoms with Crippen LogP contribution in [-0.4, -0.2) is 28.1 Å². The maximum absolute atomic E-state index is 12.4. The first-order chi connectivity index (χ1) is 14.1. The van der Waals surface area contributed by atoms with Gasteiger partial charge >= 0.3 is 0 Å². The van der Waals surface area contributed by atoms with Crippen molar-refractivity contribution >= 4 is 17.5 Å². The summed E-state index contributed by atoms with van der Waals surface area (Å²) < 4.78 is 7.05. The lowest BCUT2D eigenvalue weighted by atomic mass is 9.43. The molecule has 0 saturated heterocycles. The molecule has 2 aliphatic carbocycles. The molecule has 5 rings (SSSR count). The van der Waals surface area contributed by atoms with E-state index in [0.29, 0.717) is 30.0 Å². The smallest absolute Gasteiger partial charge is 0.253 e. The van der Waals surface area contributed by atoms with Crippen molar-refractivity contribution in [1.82, 2.24) is 5.32 Å². The minimum atomic E-state index is -0.590. The molecule has 1 amide bonds. The highest BCUT2D eigenvalue weighted by Crippen LogP contribution is 2.66. The Morgan fingerprint density at radius 2 is 2.07 bits per heavy atom. The highest BCUT2D eigenvalue weighted by atomic mass is 35.5. The van der Waals surface area contributed by atoms with Crippen LogP contribution in [0.1, 0.15) is 74.0 Å². The van der Waals surface area contributed by atoms with Gasteiger partial charge in [0, 0.05) is 29.9 Å². The molecule has 6 heteroatoms. The molecule has 6 atom stereocenters. The van der Waals surface area contributed by atoms with Gasteiger partial charge in [0.2, 0.25) is 0 Å². The van der Waals surface area contributed by atoms with E-state index in [1.807, 2.05) is 6.07 Å². The van der Waals surface area contributed by atoms with Gasteiger partial charge in [-0.05, 0) is 42.2 Å². The highest BCUT2D eigenvalue weighted by Gasteiger charge is 2.69. The van der Waals surface area contributed by atoms with E-state index in [1.165, 1.54) is 0 Å². The van der Waals surface area contributed by atoms with E-state index in [4.69, 9.17) is 16.3 Å². The lowest BCUT2D eigenvalue weighted by Crippen LogP contribution is -2.72. The van der Waals surface area contributed by atoms with Crippen LogP contribution in [0.25, 0.3) is 0 Å². The maximum atomic E-state index is 12.4. The number of hydrogen-bond donors (Lipinski definition) is 2. The molecule has 1 aromatic rings. The van der Waals surface area contributed by atoms with Gasteiger partial charge in [0.25, 0.3) is 5.91 Å². The van der Waals surface area contributed by atoms with Gasteiger partial charge in [-0.25, -0.2) is 0 Å². The van der Waals surface area contributed by atoms with Crippen LogP contribution in [0.15, 0.2) is 6.07 Å². The van der Waals surface area contributed by atoms with Gasteiger partial charge in [-0.1, -0.05) is 27.7 Å². The number of nitrogens with one attached hydrogen (secondary N) is 1. The number of alkyl halides is 1. The Hall–Kier alpha value is -1.77. The number of hydrogen-bond acceptors (Lipinski definition) is 4. The van der Waals surface area contributed by atoms with Crippen molar-refractivity contribution in [2.24, 2.45) is 22.7 Å². The quantitative estimate of drug-likeness (QED) is 0.613. The van der Waals surface area contributed by atoms with E-state index >= 15 is 0 Å². The van der Waals surface area contributed by atoms with Crippen LogP contribution < -0.4 is 10.1 Å². The third-order valence-electron chi connectivity index (χ3n) is 9.08. The zero-order chi connectivity index (χ0) is 21.6. The molecule has 2 heterocycles. The molecule has 30 heavy (non-hydrogen) atoms. The van der Waals surface area contributed by atoms with Gasteiger partial charge in [0.05, 0.1) is 28.7 Å². The van der Waals surface area contributed by atoms with Crippen LogP contribution in [-0.2, 0) is 13.0 Å². The van der Waals surface area contributed by atoms with E-state index in [1.54, 1.807) is 0 Å². The summed E-state index contributed by atoms with van der Waals surface area (Å²) >= 11 is 6.77. The summed E-state index contributed by atoms with van der Waals surface area (Å²) in [7, 11) is 0. The molecule has 2 aliphatic heterocycles. The number of benzene rings is 1. The summed E-state index contributed by atoms with van der Waals surface area (Å²) in [6, 6.07) is 4.07. The summed E-state index contributed by atoms with van der Waals surface area (Å²) in [5, 5.41) is 23.1. The molecule has 1 spiro atoms. The normalized spacial score (nSPS) is 40.8. The topological polar surface area (TPSA) is 82.3 Å². The van der Waals surface area contributed by atoms with E-state index < -0.39 is 17.1 Å². The number of ether oxygens (including phenoxy) is 1. The number of carbonyl (C=O) groups is 1. The number of nitrogens with zero attached hydrogens (tertiary/aromatic N) is 1. The second-order valence-electron chi connectivity index (χ2n) is 10.7. The zero-order valence-corrected chi connectivity index (χ0v) is 18.8. The second kappa shape index (κ2) is 6.14. The predicted molar refractivity (Wildman–Crippen MR) is 113 cm³/mol. The second-order valence-corrected chi connectivity index (χ2v) is 11.2. The first-order valence-corrected chi connectivity index (χ1v) is 11.4. The van der Waals surface area contributed by atoms with E-state index in [2.05, 4.69) is 39.1 Å². The van der Waals surface area contributed by atoms with E-state index in [9.17, 15) is 15.2 Å². The van der Waals surface area contributed by atoms with Crippen LogP contribution in [0.5, 0.6) is 5.75 Å². The highest BCUT2D eigenvalue weighted by molar-refractivity contribution is 6.21. The molecule has 4 aliphatic rings. The monoisotopic (exact) mass is 428 g/mol. The van der Waals surface area contributed by atoms with Gasteiger partial charge < -0.3 is 15.2 Å². The Balaban J connectivity index is 1.75. The van der Waals surface area contributed by atoms with Crippen molar-refractivity contribution < 1.29 is 14.6 Å². The molecular formula is C24H29ClN2O3. The number of rotatable bonds is 0. The van der Waals surface area contributed by atoms with Crippen LogP contribution in [0.4, 0.5) is 0 Å². The Morgan fingerprint density at radius 1 is 1.33 bits per heavy atom. The minimum absolute atomic E-state index is 0.153. The molecule has 0 bridgehead atoms. The molecule has 2 N–H and O–H groups in total. The number of aliphatic hydroxyl groups excluding tert-OH is 1. The number of halogens is 1. The molecular weight excluding hydrogens is 400 g/mol. The standard InChI is InChI=1S/C24H29ClN2O3/c1-12-5-6-17-22(2,3)20(28)16(25)9-24(17)23(12,4)8-13-7-14(10-26)18-15(19(13)30-24)11-27-21(18)29/h7,12,16-17,20,28H,5-6,8-9,11H2,1-4H3,(H,27,29)/t12-,16+,17-,20-,23+,24-/m0/s1. The Kier molecular flexibility index (Phi) is 4.13. The van der Waals surface area contributed by atoms with Crippen molar-refractivity contribution in [3.8, 4) is 11.8 Å². The molecule has 2 fully saturated rings. The van der Waals surface area contributed by atoms with Gasteiger partial charge in [0.1, 0.15) is 11.4 Å². The van der Waals surface area contributed by atoms with Gasteiger partial charge in [0.15, 0.2) is 0 Å². The minimum Gasteiger partial charge on any atom is -0.486 e. The van der Waals surface area contributed by atoms with Gasteiger partial charge in [-0.3, -0.25) is 4.79 Å². The fourth-order valence-corrected chi connectivity index (χ4v) is 7.70. The Labute approximate surface area is 182 Å². The average Bonchev–Trinajstić information content (AvgIpc) is 3.08. The first-order valence-electron chi connectivity index (χ1n) is 10.9. The SMILES string of the molecule is C[C@H]1CC[C@H]2C(C)(C)[C@@H](O)[C@H](Cl)C[C@]23Oc2c(cc(C#N)c4c2CNC4=O)C[C@]13C. The van der Waals surface area contributed by atoms with Gasteiger partial charge in [-0.2, -0.15) is 5.26 Å². The summed E-state index contributed by atoms with van der Waals surface area (Å²) in [6.07, 6.45) is 2.83. The lowest BCUT2D eigenvalue weighted by molar-refractivity contribution is -0.232. The summed E-state index contributed by atoms with van der Waals surface area (Å²) in [5.41, 5.74) is 1.62. The number of amides is 1. The van der Waals surface area contributed by atoms with Crippen molar-refractivity contribution in [3.63, 3.8) is 0 Å². The average molecular weight is 429 g/mol. The predicted octanol–water partition coefficient (Wildman–Crippen LogP) is 3.93. The first kappa shape index (κ1) is 20.2. The van der Waals surface area contributed by atoms with E-state index in [-0.39, 0.29) is 22.7 Å². The van der Waals surface area contributed by atoms with Crippen molar-refractivity contribution in [2.75, 3.05) is 0 Å². The number of carbonyl (C=O) groups excluding carboxylic acids is 1. The third-order valence-corrected chi connectivity index (χ3v) is 9.47. The van der Waals surface area contributed by atoms with Crippen LogP contribution in [0.2, 0.25) is 0 Å². The maximum Gasteiger partial charge on any atom is 0.253 e. The molecule has 160 valence electrons. The molecule has 0 unspecified atom stereocenters. The number of aliphatic hydroxyl groups is 1. The Morgan fingerprint density at radius 3 is 2.77 bits per heavy atom. The van der Waals surface area contributed by atoms with Crippen LogP contribution >= 0.6 is 11.6 Å². The van der Waals surface area contributed by atoms with Crippen LogP contribution in [0.3, 0.4) is 0 Å². The lowest BCUT2D eigenvalue weighted by Gasteiger charge is -2.67. The third kappa shape index (κ3) is 2.25. The van der Waals surface area contributed by atoms with E-state index in [0.717, 1.165) is 36.1 Å². The van der Waals surface area contributed by atoms with Crippen molar-refractivity contribution in [3.05, 3.63) is 28.3 Å². The van der Waals surface area contributed by atoms with Crippen molar-refractivity contribution in [2.45, 2.75) is 77.0 Å². The molecule has 5 nitrogen and oxygen atoms in total. The largest absolute Gasteiger partial charge is 0.486 e. The van der Waals surface area contributed by atoms with Crippen molar-refractivity contribution in [1.29, 1.82) is 5.26 Å². The van der Waals surface area contributed by atoms with Gasteiger partial charge in [-0.15, -0.1) is 11.6 Å². The molecule has 0 aromatic heterocycles. The van der Waals surface area contributed by atoms with Crippen LogP contribution in [0, 0.1) is 34.0 Å². The fraction of sp³-hybridized carbons (Fsp3) is 0.667. The Bertz CT molecular complexity index is 999. The number of nitriles is 1. The number of fused-ring (bicyclic) bond motifs is 3. The molecule has 2 saturated carbocycles. The summed E-state index contributed by atoms with van der Waals surface area (Å²) in [4.78, 5) is 12.4. The zero-order valence-electron chi connectivity index (χ0n) is 18.0. The molecule has 1 aromatic carbocycles. The summed E-state index contributed by atoms with van der Waals surface area (Å²) in [5.74, 6) is 1.12. The molecule has 0 radical (unpaired) electrons. The summed E-state index contributed by atoms with van der Waals surface area (Å²) in [6.45, 7) is 9.20. The fourth-order valence-electron chi connectivity index (χ4n) is 7.15.